The van der Waals surface area contributed by atoms with Crippen LogP contribution in [-0.2, 0) is 21.4 Å². The van der Waals surface area contributed by atoms with E-state index in [2.05, 4.69) is 0 Å². The molecule has 6 heteroatoms. The molecule has 0 bridgehead atoms. The Hall–Kier alpha value is -1.40. The van der Waals surface area contributed by atoms with Crippen LogP contribution in [0.2, 0.25) is 0 Å². The molecule has 0 aliphatic rings. The zero-order chi connectivity index (χ0) is 13.1. The Morgan fingerprint density at radius 2 is 2.06 bits per heavy atom. The van der Waals surface area contributed by atoms with Gasteiger partial charge in [0.05, 0.1) is 0 Å². The Morgan fingerprint density at radius 1 is 1.41 bits per heavy atom. The minimum Gasteiger partial charge on any atom is -0.480 e. The molecule has 0 aromatic heterocycles. The minimum atomic E-state index is -3.74. The first-order valence-corrected chi connectivity index (χ1v) is 6.63. The number of rotatable bonds is 5. The van der Waals surface area contributed by atoms with Crippen molar-refractivity contribution in [3.05, 3.63) is 35.4 Å². The number of hydrogen-bond acceptors (Lipinski definition) is 3. The number of carbonyl (C=O) groups is 1. The van der Waals surface area contributed by atoms with Gasteiger partial charge >= 0.3 is 5.97 Å². The number of carboxylic acid groups (broad SMARTS) is 1. The molecule has 0 heterocycles. The van der Waals surface area contributed by atoms with Crippen molar-refractivity contribution < 1.29 is 18.3 Å². The summed E-state index contributed by atoms with van der Waals surface area (Å²) in [5, 5.41) is 8.50. The molecule has 1 rings (SSSR count). The van der Waals surface area contributed by atoms with E-state index in [0.717, 1.165) is 15.4 Å². The molecule has 1 aromatic rings. The second kappa shape index (κ2) is 5.29. The van der Waals surface area contributed by atoms with Crippen LogP contribution in [0.15, 0.2) is 24.3 Å². The van der Waals surface area contributed by atoms with Crippen molar-refractivity contribution >= 4 is 16.0 Å². The van der Waals surface area contributed by atoms with Gasteiger partial charge in [0.2, 0.25) is 10.0 Å². The van der Waals surface area contributed by atoms with E-state index < -0.39 is 21.7 Å². The lowest BCUT2D eigenvalue weighted by molar-refractivity contribution is -0.134. The zero-order valence-electron chi connectivity index (χ0n) is 9.75. The molecular weight excluding hydrogens is 242 g/mol. The largest absolute Gasteiger partial charge is 0.480 e. The van der Waals surface area contributed by atoms with E-state index >= 15 is 0 Å². The number of carboxylic acids is 1. The Balaban J connectivity index is 2.79. The lowest BCUT2D eigenvalue weighted by Crippen LogP contribution is -2.31. The van der Waals surface area contributed by atoms with E-state index in [0.29, 0.717) is 0 Å². The quantitative estimate of drug-likeness (QED) is 0.848. The molecule has 1 N–H and O–H groups in total. The summed E-state index contributed by atoms with van der Waals surface area (Å²) in [4.78, 5) is 10.4. The van der Waals surface area contributed by atoms with Crippen molar-refractivity contribution in [1.29, 1.82) is 0 Å². The van der Waals surface area contributed by atoms with Gasteiger partial charge in [-0.1, -0.05) is 29.8 Å². The first-order valence-electron chi connectivity index (χ1n) is 5.02. The smallest absolute Gasteiger partial charge is 0.320 e. The Bertz CT molecular complexity index is 510. The summed E-state index contributed by atoms with van der Waals surface area (Å²) in [6, 6.07) is 7.42. The van der Waals surface area contributed by atoms with Gasteiger partial charge < -0.3 is 5.11 Å². The first kappa shape index (κ1) is 13.7. The number of aliphatic carboxylic acids is 1. The molecule has 0 saturated carbocycles. The summed E-state index contributed by atoms with van der Waals surface area (Å²) in [5.74, 6) is -2.23. The average molecular weight is 257 g/mol. The number of benzene rings is 1. The van der Waals surface area contributed by atoms with Crippen molar-refractivity contribution in [3.8, 4) is 0 Å². The average Bonchev–Trinajstić information content (AvgIpc) is 2.15. The Labute approximate surface area is 101 Å². The van der Waals surface area contributed by atoms with Gasteiger partial charge in [-0.05, 0) is 12.5 Å². The molecular formula is C11H15NO4S. The molecule has 0 aliphatic carbocycles. The molecule has 0 unspecified atom stereocenters. The maximum Gasteiger partial charge on any atom is 0.320 e. The Kier molecular flexibility index (Phi) is 4.25. The van der Waals surface area contributed by atoms with Crippen LogP contribution in [0.1, 0.15) is 11.1 Å². The molecule has 0 spiro atoms. The maximum absolute atomic E-state index is 11.6. The van der Waals surface area contributed by atoms with Crippen molar-refractivity contribution in [3.63, 3.8) is 0 Å². The van der Waals surface area contributed by atoms with Crippen LogP contribution in [-0.4, -0.2) is 36.6 Å². The van der Waals surface area contributed by atoms with Gasteiger partial charge in [0, 0.05) is 13.6 Å². The lowest BCUT2D eigenvalue weighted by Gasteiger charge is -2.16. The summed E-state index contributed by atoms with van der Waals surface area (Å²) >= 11 is 0. The van der Waals surface area contributed by atoms with Crippen molar-refractivity contribution in [2.24, 2.45) is 0 Å². The third kappa shape index (κ3) is 4.16. The van der Waals surface area contributed by atoms with Crippen LogP contribution in [0.3, 0.4) is 0 Å². The third-order valence-electron chi connectivity index (χ3n) is 2.27. The summed E-state index contributed by atoms with van der Waals surface area (Å²) < 4.78 is 24.2. The van der Waals surface area contributed by atoms with Gasteiger partial charge in [0.25, 0.3) is 0 Å². The van der Waals surface area contributed by atoms with E-state index in [1.807, 2.05) is 25.1 Å². The van der Waals surface area contributed by atoms with Crippen LogP contribution in [0.4, 0.5) is 0 Å². The predicted octanol–water partition coefficient (Wildman–Crippen LogP) is 0.841. The monoisotopic (exact) mass is 257 g/mol. The molecule has 0 aliphatic heterocycles. The highest BCUT2D eigenvalue weighted by Crippen LogP contribution is 2.09. The highest BCUT2D eigenvalue weighted by molar-refractivity contribution is 7.89. The normalized spacial score (nSPS) is 11.7. The van der Waals surface area contributed by atoms with Crippen LogP contribution < -0.4 is 0 Å². The van der Waals surface area contributed by atoms with Crippen molar-refractivity contribution in [2.45, 2.75) is 13.5 Å². The highest BCUT2D eigenvalue weighted by atomic mass is 32.2. The fourth-order valence-corrected chi connectivity index (χ4v) is 2.31. The van der Waals surface area contributed by atoms with Crippen LogP contribution in [0.25, 0.3) is 0 Å². The van der Waals surface area contributed by atoms with E-state index in [4.69, 9.17) is 5.11 Å². The molecule has 0 saturated heterocycles. The number of hydrogen-bond donors (Lipinski definition) is 1. The Morgan fingerprint density at radius 3 is 2.59 bits per heavy atom. The van der Waals surface area contributed by atoms with Crippen molar-refractivity contribution in [2.75, 3.05) is 12.8 Å². The molecule has 94 valence electrons. The summed E-state index contributed by atoms with van der Waals surface area (Å²) in [6.45, 7) is 2.09. The number of sulfonamides is 1. The van der Waals surface area contributed by atoms with E-state index in [-0.39, 0.29) is 6.54 Å². The van der Waals surface area contributed by atoms with Gasteiger partial charge in [-0.2, -0.15) is 0 Å². The van der Waals surface area contributed by atoms with Crippen molar-refractivity contribution in [1.82, 2.24) is 4.31 Å². The fraction of sp³-hybridized carbons (Fsp3) is 0.364. The number of aryl methyl sites for hydroxylation is 1. The summed E-state index contributed by atoms with van der Waals surface area (Å²) in [5.41, 5.74) is 1.87. The first-order chi connectivity index (χ1) is 7.81. The molecule has 0 amide bonds. The zero-order valence-corrected chi connectivity index (χ0v) is 10.6. The van der Waals surface area contributed by atoms with Crippen LogP contribution >= 0.6 is 0 Å². The fourth-order valence-electron chi connectivity index (χ4n) is 1.43. The second-order valence-corrected chi connectivity index (χ2v) is 5.97. The number of nitrogens with zero attached hydrogens (tertiary/aromatic N) is 1. The highest BCUT2D eigenvalue weighted by Gasteiger charge is 2.21. The van der Waals surface area contributed by atoms with Gasteiger partial charge in [0.1, 0.15) is 0 Å². The summed E-state index contributed by atoms with van der Waals surface area (Å²) in [7, 11) is -2.36. The lowest BCUT2D eigenvalue weighted by atomic mass is 10.1. The molecule has 1 aromatic carbocycles. The molecule has 0 fully saturated rings. The standard InChI is InChI=1S/C11H15NO4S/c1-9-4-3-5-10(6-9)7-12(2)17(15,16)8-11(13)14/h3-6H,7-8H2,1-2H3,(H,13,14). The van der Waals surface area contributed by atoms with Gasteiger partial charge in [-0.3, -0.25) is 4.79 Å². The van der Waals surface area contributed by atoms with E-state index in [1.165, 1.54) is 7.05 Å². The van der Waals surface area contributed by atoms with Crippen LogP contribution in [0.5, 0.6) is 0 Å². The molecule has 0 atom stereocenters. The van der Waals surface area contributed by atoms with Gasteiger partial charge in [0.15, 0.2) is 5.75 Å². The second-order valence-electron chi connectivity index (χ2n) is 3.90. The minimum absolute atomic E-state index is 0.178. The topological polar surface area (TPSA) is 74.7 Å². The third-order valence-corrected chi connectivity index (χ3v) is 3.96. The van der Waals surface area contributed by atoms with Gasteiger partial charge in [-0.25, -0.2) is 12.7 Å². The molecule has 0 radical (unpaired) electrons. The van der Waals surface area contributed by atoms with Crippen LogP contribution in [0, 0.1) is 6.92 Å². The predicted molar refractivity (Wildman–Crippen MR) is 64.1 cm³/mol. The van der Waals surface area contributed by atoms with E-state index in [1.54, 1.807) is 6.07 Å². The molecule has 5 nitrogen and oxygen atoms in total. The van der Waals surface area contributed by atoms with E-state index in [9.17, 15) is 13.2 Å². The maximum atomic E-state index is 11.6. The summed E-state index contributed by atoms with van der Waals surface area (Å²) in [6.07, 6.45) is 0. The molecule has 17 heavy (non-hydrogen) atoms. The SMILES string of the molecule is Cc1cccc(CN(C)S(=O)(=O)CC(=O)O)c1. The van der Waals surface area contributed by atoms with Gasteiger partial charge in [-0.15, -0.1) is 0 Å².